The SMILES string of the molecule is CCCCCCNC(N)=NCc1ccc(O)c(Br)c1. The second kappa shape index (κ2) is 8.80. The Labute approximate surface area is 123 Å². The lowest BCUT2D eigenvalue weighted by Crippen LogP contribution is -2.32. The first-order chi connectivity index (χ1) is 9.13. The molecule has 0 radical (unpaired) electrons. The van der Waals surface area contributed by atoms with Crippen LogP contribution >= 0.6 is 15.9 Å². The van der Waals surface area contributed by atoms with Gasteiger partial charge in [0, 0.05) is 6.54 Å². The highest BCUT2D eigenvalue weighted by Crippen LogP contribution is 2.24. The largest absolute Gasteiger partial charge is 0.507 e. The number of hydrogen-bond acceptors (Lipinski definition) is 2. The van der Waals surface area contributed by atoms with Crippen molar-refractivity contribution in [2.45, 2.75) is 39.2 Å². The van der Waals surface area contributed by atoms with Crippen LogP contribution in [0.15, 0.2) is 27.7 Å². The molecule has 0 amide bonds. The van der Waals surface area contributed by atoms with Crippen molar-refractivity contribution < 1.29 is 5.11 Å². The average molecular weight is 328 g/mol. The third-order valence-corrected chi connectivity index (χ3v) is 3.42. The van der Waals surface area contributed by atoms with E-state index in [0.717, 1.165) is 18.5 Å². The summed E-state index contributed by atoms with van der Waals surface area (Å²) in [5, 5.41) is 12.5. The van der Waals surface area contributed by atoms with Gasteiger partial charge >= 0.3 is 0 Å². The summed E-state index contributed by atoms with van der Waals surface area (Å²) in [5.74, 6) is 0.704. The minimum atomic E-state index is 0.231. The van der Waals surface area contributed by atoms with E-state index in [0.29, 0.717) is 17.0 Å². The minimum Gasteiger partial charge on any atom is -0.507 e. The van der Waals surface area contributed by atoms with E-state index in [1.54, 1.807) is 6.07 Å². The predicted octanol–water partition coefficient (Wildman–Crippen LogP) is 3.14. The number of nitrogens with zero attached hydrogens (tertiary/aromatic N) is 1. The van der Waals surface area contributed by atoms with Gasteiger partial charge in [-0.2, -0.15) is 0 Å². The molecular weight excluding hydrogens is 306 g/mol. The van der Waals surface area contributed by atoms with Crippen molar-refractivity contribution in [3.05, 3.63) is 28.2 Å². The number of guanidine groups is 1. The normalized spacial score (nSPS) is 11.6. The molecule has 0 bridgehead atoms. The fraction of sp³-hybridized carbons (Fsp3) is 0.500. The molecule has 1 aromatic rings. The second-order valence-corrected chi connectivity index (χ2v) is 5.33. The lowest BCUT2D eigenvalue weighted by atomic mass is 10.2. The van der Waals surface area contributed by atoms with Gasteiger partial charge in [0.2, 0.25) is 0 Å². The maximum absolute atomic E-state index is 9.39. The Hall–Kier alpha value is -1.23. The number of rotatable bonds is 7. The summed E-state index contributed by atoms with van der Waals surface area (Å²) in [6.45, 7) is 3.57. The van der Waals surface area contributed by atoms with Crippen LogP contribution < -0.4 is 11.1 Å². The number of halogens is 1. The van der Waals surface area contributed by atoms with Crippen molar-refractivity contribution in [1.82, 2.24) is 5.32 Å². The van der Waals surface area contributed by atoms with E-state index < -0.39 is 0 Å². The zero-order chi connectivity index (χ0) is 14.1. The standard InChI is InChI=1S/C14H22BrN3O/c1-2-3-4-5-8-17-14(16)18-10-11-6-7-13(19)12(15)9-11/h6-7,9,19H,2-5,8,10H2,1H3,(H3,16,17,18). The van der Waals surface area contributed by atoms with E-state index in [2.05, 4.69) is 33.2 Å². The minimum absolute atomic E-state index is 0.231. The molecule has 0 saturated carbocycles. The number of phenols is 1. The molecule has 0 aliphatic carbocycles. The number of nitrogens with two attached hydrogens (primary N) is 1. The number of unbranched alkanes of at least 4 members (excludes halogenated alkanes) is 3. The molecule has 0 aromatic heterocycles. The molecule has 0 fully saturated rings. The van der Waals surface area contributed by atoms with Crippen molar-refractivity contribution in [2.24, 2.45) is 10.7 Å². The topological polar surface area (TPSA) is 70.6 Å². The van der Waals surface area contributed by atoms with E-state index in [1.807, 2.05) is 12.1 Å². The Morgan fingerprint density at radius 3 is 2.84 bits per heavy atom. The van der Waals surface area contributed by atoms with Crippen LogP contribution in [0.4, 0.5) is 0 Å². The fourth-order valence-electron chi connectivity index (χ4n) is 1.65. The molecule has 0 heterocycles. The summed E-state index contributed by atoms with van der Waals surface area (Å²) in [7, 11) is 0. The van der Waals surface area contributed by atoms with Gasteiger partial charge in [-0.25, -0.2) is 4.99 Å². The molecule has 0 unspecified atom stereocenters. The van der Waals surface area contributed by atoms with Crippen LogP contribution in [0, 0.1) is 0 Å². The maximum Gasteiger partial charge on any atom is 0.188 e. The van der Waals surface area contributed by atoms with Crippen molar-refractivity contribution in [2.75, 3.05) is 6.54 Å². The van der Waals surface area contributed by atoms with Crippen LogP contribution in [-0.4, -0.2) is 17.6 Å². The Bertz CT molecular complexity index is 421. The predicted molar refractivity (Wildman–Crippen MR) is 83.3 cm³/mol. The number of benzene rings is 1. The smallest absolute Gasteiger partial charge is 0.188 e. The quantitative estimate of drug-likeness (QED) is 0.409. The molecular formula is C14H22BrN3O. The second-order valence-electron chi connectivity index (χ2n) is 4.47. The summed E-state index contributed by atoms with van der Waals surface area (Å²) < 4.78 is 0.672. The monoisotopic (exact) mass is 327 g/mol. The van der Waals surface area contributed by atoms with Gasteiger partial charge in [0.1, 0.15) is 5.75 Å². The molecule has 106 valence electrons. The summed E-state index contributed by atoms with van der Waals surface area (Å²) in [5.41, 5.74) is 6.78. The molecule has 1 aromatic carbocycles. The van der Waals surface area contributed by atoms with E-state index in [9.17, 15) is 5.11 Å². The summed E-state index contributed by atoms with van der Waals surface area (Å²) in [6.07, 6.45) is 4.84. The van der Waals surface area contributed by atoms with Crippen molar-refractivity contribution in [3.63, 3.8) is 0 Å². The van der Waals surface area contributed by atoms with Gasteiger partial charge in [0.15, 0.2) is 5.96 Å². The third-order valence-electron chi connectivity index (χ3n) is 2.78. The number of phenolic OH excluding ortho intramolecular Hbond substituents is 1. The lowest BCUT2D eigenvalue weighted by Gasteiger charge is -2.05. The van der Waals surface area contributed by atoms with Gasteiger partial charge in [-0.05, 0) is 40.0 Å². The summed E-state index contributed by atoms with van der Waals surface area (Å²) in [6, 6.07) is 5.31. The number of nitrogens with one attached hydrogen (secondary N) is 1. The van der Waals surface area contributed by atoms with Gasteiger partial charge in [0.05, 0.1) is 11.0 Å². The zero-order valence-corrected chi connectivity index (χ0v) is 12.9. The zero-order valence-electron chi connectivity index (χ0n) is 11.3. The molecule has 4 nitrogen and oxygen atoms in total. The molecule has 0 atom stereocenters. The van der Waals surface area contributed by atoms with Crippen molar-refractivity contribution >= 4 is 21.9 Å². The van der Waals surface area contributed by atoms with Crippen LogP contribution in [0.25, 0.3) is 0 Å². The van der Waals surface area contributed by atoms with Gasteiger partial charge < -0.3 is 16.2 Å². The van der Waals surface area contributed by atoms with Crippen LogP contribution in [0.2, 0.25) is 0 Å². The molecule has 4 N–H and O–H groups in total. The molecule has 0 spiro atoms. The fourth-order valence-corrected chi connectivity index (χ4v) is 2.08. The van der Waals surface area contributed by atoms with Gasteiger partial charge in [-0.1, -0.05) is 32.3 Å². The number of aliphatic imine (C=N–C) groups is 1. The first-order valence-corrected chi connectivity index (χ1v) is 7.44. The van der Waals surface area contributed by atoms with Gasteiger partial charge in [-0.15, -0.1) is 0 Å². The molecule has 5 heteroatoms. The molecule has 0 aliphatic rings. The lowest BCUT2D eigenvalue weighted by molar-refractivity contribution is 0.471. The highest BCUT2D eigenvalue weighted by molar-refractivity contribution is 9.10. The van der Waals surface area contributed by atoms with Gasteiger partial charge in [-0.3, -0.25) is 0 Å². The van der Waals surface area contributed by atoms with Crippen LogP contribution in [0.1, 0.15) is 38.2 Å². The van der Waals surface area contributed by atoms with E-state index in [1.165, 1.54) is 19.3 Å². The Morgan fingerprint density at radius 1 is 1.37 bits per heavy atom. The molecule has 1 rings (SSSR count). The molecule has 0 saturated heterocycles. The van der Waals surface area contributed by atoms with Crippen LogP contribution in [-0.2, 0) is 6.54 Å². The number of aromatic hydroxyl groups is 1. The Kier molecular flexibility index (Phi) is 7.33. The van der Waals surface area contributed by atoms with E-state index in [-0.39, 0.29) is 5.75 Å². The maximum atomic E-state index is 9.39. The Balaban J connectivity index is 2.32. The van der Waals surface area contributed by atoms with Crippen LogP contribution in [0.5, 0.6) is 5.75 Å². The van der Waals surface area contributed by atoms with Crippen molar-refractivity contribution in [3.8, 4) is 5.75 Å². The van der Waals surface area contributed by atoms with E-state index in [4.69, 9.17) is 5.73 Å². The van der Waals surface area contributed by atoms with E-state index >= 15 is 0 Å². The summed E-state index contributed by atoms with van der Waals surface area (Å²) in [4.78, 5) is 4.26. The van der Waals surface area contributed by atoms with Crippen molar-refractivity contribution in [1.29, 1.82) is 0 Å². The summed E-state index contributed by atoms with van der Waals surface area (Å²) >= 11 is 3.27. The number of hydrogen-bond donors (Lipinski definition) is 3. The Morgan fingerprint density at radius 2 is 2.16 bits per heavy atom. The third kappa shape index (κ3) is 6.47. The van der Waals surface area contributed by atoms with Crippen LogP contribution in [0.3, 0.4) is 0 Å². The average Bonchev–Trinajstić information content (AvgIpc) is 2.40. The first kappa shape index (κ1) is 15.8. The first-order valence-electron chi connectivity index (χ1n) is 6.64. The molecule has 19 heavy (non-hydrogen) atoms. The van der Waals surface area contributed by atoms with Gasteiger partial charge in [0.25, 0.3) is 0 Å². The highest BCUT2D eigenvalue weighted by Gasteiger charge is 1.99. The highest BCUT2D eigenvalue weighted by atomic mass is 79.9. The molecule has 0 aliphatic heterocycles.